The molecule has 0 amide bonds. The summed E-state index contributed by atoms with van der Waals surface area (Å²) in [6, 6.07) is 2.13. The van der Waals surface area contributed by atoms with Crippen LogP contribution in [0.3, 0.4) is 0 Å². The molecule has 1 spiro atoms. The van der Waals surface area contributed by atoms with E-state index in [1.54, 1.807) is 6.33 Å². The van der Waals surface area contributed by atoms with E-state index in [4.69, 9.17) is 4.74 Å². The van der Waals surface area contributed by atoms with Crippen molar-refractivity contribution in [3.05, 3.63) is 18.1 Å². The summed E-state index contributed by atoms with van der Waals surface area (Å²) in [4.78, 5) is 11.2. The molecule has 0 N–H and O–H groups in total. The third-order valence-electron chi connectivity index (χ3n) is 4.26. The summed E-state index contributed by atoms with van der Waals surface area (Å²) >= 11 is 0. The zero-order valence-electron chi connectivity index (χ0n) is 12.1. The van der Waals surface area contributed by atoms with Gasteiger partial charge in [-0.15, -0.1) is 0 Å². The lowest BCUT2D eigenvalue weighted by Gasteiger charge is -2.51. The molecule has 1 unspecified atom stereocenters. The maximum atomic E-state index is 6.15. The molecule has 1 aliphatic carbocycles. The van der Waals surface area contributed by atoms with Gasteiger partial charge in [-0.3, -0.25) is 0 Å². The molecule has 1 aromatic rings. The van der Waals surface area contributed by atoms with Crippen molar-refractivity contribution < 1.29 is 4.74 Å². The lowest BCUT2D eigenvalue weighted by atomic mass is 9.78. The van der Waals surface area contributed by atoms with Gasteiger partial charge in [-0.05, 0) is 32.1 Å². The van der Waals surface area contributed by atoms with Gasteiger partial charge in [0.05, 0.1) is 11.7 Å². The molecule has 1 aromatic heterocycles. The maximum absolute atomic E-state index is 6.15. The standard InChI is InChI=1S/C15H23N3O/c1-11(2)13-7-14(17-10-16-13)18-8-12(3)19-15(9-18)5-4-6-15/h7,10-12H,4-6,8-9H2,1-3H3. The number of hydrogen-bond acceptors (Lipinski definition) is 4. The maximum Gasteiger partial charge on any atom is 0.132 e. The lowest BCUT2D eigenvalue weighted by Crippen LogP contribution is -2.58. The molecule has 0 aromatic carbocycles. The smallest absolute Gasteiger partial charge is 0.132 e. The normalized spacial score (nSPS) is 25.7. The zero-order valence-corrected chi connectivity index (χ0v) is 12.1. The fourth-order valence-electron chi connectivity index (χ4n) is 3.10. The molecule has 1 saturated carbocycles. The highest BCUT2D eigenvalue weighted by molar-refractivity contribution is 5.41. The van der Waals surface area contributed by atoms with Crippen LogP contribution in [0.2, 0.25) is 0 Å². The number of aromatic nitrogens is 2. The van der Waals surface area contributed by atoms with Gasteiger partial charge < -0.3 is 9.64 Å². The Labute approximate surface area is 115 Å². The molecule has 2 fully saturated rings. The van der Waals surface area contributed by atoms with Crippen LogP contribution in [-0.4, -0.2) is 34.8 Å². The van der Waals surface area contributed by atoms with E-state index in [9.17, 15) is 0 Å². The van der Waals surface area contributed by atoms with Crippen LogP contribution >= 0.6 is 0 Å². The highest BCUT2D eigenvalue weighted by atomic mass is 16.5. The molecule has 1 saturated heterocycles. The molecule has 1 atom stereocenters. The predicted octanol–water partition coefficient (Wildman–Crippen LogP) is 2.75. The van der Waals surface area contributed by atoms with Crippen LogP contribution in [0.4, 0.5) is 5.82 Å². The van der Waals surface area contributed by atoms with Gasteiger partial charge >= 0.3 is 0 Å². The number of anilines is 1. The van der Waals surface area contributed by atoms with Crippen LogP contribution in [0.5, 0.6) is 0 Å². The number of rotatable bonds is 2. The lowest BCUT2D eigenvalue weighted by molar-refractivity contribution is -0.142. The van der Waals surface area contributed by atoms with E-state index in [2.05, 4.69) is 41.7 Å². The van der Waals surface area contributed by atoms with Crippen LogP contribution in [0.1, 0.15) is 51.6 Å². The van der Waals surface area contributed by atoms with Crippen LogP contribution < -0.4 is 4.90 Å². The summed E-state index contributed by atoms with van der Waals surface area (Å²) in [7, 11) is 0. The van der Waals surface area contributed by atoms with Crippen molar-refractivity contribution in [2.45, 2.75) is 57.7 Å². The zero-order chi connectivity index (χ0) is 13.5. The SMILES string of the molecule is CC1CN(c2cc(C(C)C)ncn2)CC2(CCC2)O1. The minimum atomic E-state index is 0.0978. The average Bonchev–Trinajstić information content (AvgIpc) is 2.36. The first-order chi connectivity index (χ1) is 9.08. The Morgan fingerprint density at radius 1 is 1.37 bits per heavy atom. The molecule has 3 rings (SSSR count). The van der Waals surface area contributed by atoms with E-state index in [1.165, 1.54) is 19.3 Å². The molecular weight excluding hydrogens is 238 g/mol. The van der Waals surface area contributed by atoms with Gasteiger partial charge in [0, 0.05) is 24.8 Å². The Morgan fingerprint density at radius 2 is 2.16 bits per heavy atom. The van der Waals surface area contributed by atoms with Gasteiger partial charge in [-0.2, -0.15) is 0 Å². The van der Waals surface area contributed by atoms with E-state index < -0.39 is 0 Å². The molecule has 2 heterocycles. The van der Waals surface area contributed by atoms with Crippen LogP contribution in [0.15, 0.2) is 12.4 Å². The number of ether oxygens (including phenoxy) is 1. The fourth-order valence-corrected chi connectivity index (χ4v) is 3.10. The summed E-state index contributed by atoms with van der Waals surface area (Å²) in [5.74, 6) is 1.50. The summed E-state index contributed by atoms with van der Waals surface area (Å²) in [5, 5.41) is 0. The second kappa shape index (κ2) is 4.75. The largest absolute Gasteiger partial charge is 0.368 e. The molecule has 4 heteroatoms. The van der Waals surface area contributed by atoms with Crippen LogP contribution in [0, 0.1) is 0 Å². The molecule has 2 aliphatic rings. The highest BCUT2D eigenvalue weighted by Gasteiger charge is 2.44. The first-order valence-corrected chi connectivity index (χ1v) is 7.33. The van der Waals surface area contributed by atoms with Gasteiger partial charge in [0.15, 0.2) is 0 Å². The van der Waals surface area contributed by atoms with Crippen molar-refractivity contribution in [2.75, 3.05) is 18.0 Å². The average molecular weight is 261 g/mol. The Morgan fingerprint density at radius 3 is 2.79 bits per heavy atom. The first kappa shape index (κ1) is 12.9. The highest BCUT2D eigenvalue weighted by Crippen LogP contribution is 2.40. The van der Waals surface area contributed by atoms with Crippen molar-refractivity contribution in [1.29, 1.82) is 0 Å². The summed E-state index contributed by atoms with van der Waals surface area (Å²) < 4.78 is 6.15. The fraction of sp³-hybridized carbons (Fsp3) is 0.733. The van der Waals surface area contributed by atoms with Crippen molar-refractivity contribution >= 4 is 5.82 Å². The Bertz CT molecular complexity index is 456. The van der Waals surface area contributed by atoms with E-state index in [-0.39, 0.29) is 11.7 Å². The second-order valence-corrected chi connectivity index (χ2v) is 6.30. The third kappa shape index (κ3) is 2.46. The number of hydrogen-bond donors (Lipinski definition) is 0. The topological polar surface area (TPSA) is 38.2 Å². The molecule has 0 bridgehead atoms. The summed E-state index contributed by atoms with van der Waals surface area (Å²) in [6.45, 7) is 8.40. The first-order valence-electron chi connectivity index (χ1n) is 7.33. The van der Waals surface area contributed by atoms with Crippen LogP contribution in [0.25, 0.3) is 0 Å². The number of morpholine rings is 1. The van der Waals surface area contributed by atoms with Gasteiger partial charge in [0.2, 0.25) is 0 Å². The second-order valence-electron chi connectivity index (χ2n) is 6.30. The third-order valence-corrected chi connectivity index (χ3v) is 4.26. The van der Waals surface area contributed by atoms with Gasteiger partial charge in [0.1, 0.15) is 12.1 Å². The predicted molar refractivity (Wildman–Crippen MR) is 75.5 cm³/mol. The molecule has 4 nitrogen and oxygen atoms in total. The Kier molecular flexibility index (Phi) is 3.21. The van der Waals surface area contributed by atoms with E-state index >= 15 is 0 Å². The van der Waals surface area contributed by atoms with E-state index in [1.807, 2.05) is 0 Å². The monoisotopic (exact) mass is 261 g/mol. The van der Waals surface area contributed by atoms with Crippen molar-refractivity contribution in [3.63, 3.8) is 0 Å². The molecule has 1 aliphatic heterocycles. The van der Waals surface area contributed by atoms with E-state index in [0.29, 0.717) is 5.92 Å². The molecule has 0 radical (unpaired) electrons. The Hall–Kier alpha value is -1.16. The van der Waals surface area contributed by atoms with Crippen LogP contribution in [-0.2, 0) is 4.74 Å². The van der Waals surface area contributed by atoms with Crippen molar-refractivity contribution in [1.82, 2.24) is 9.97 Å². The van der Waals surface area contributed by atoms with Gasteiger partial charge in [0.25, 0.3) is 0 Å². The minimum Gasteiger partial charge on any atom is -0.368 e. The molecule has 104 valence electrons. The minimum absolute atomic E-state index is 0.0978. The van der Waals surface area contributed by atoms with Gasteiger partial charge in [-0.25, -0.2) is 9.97 Å². The van der Waals surface area contributed by atoms with Crippen molar-refractivity contribution in [3.8, 4) is 0 Å². The Balaban J connectivity index is 1.82. The van der Waals surface area contributed by atoms with Gasteiger partial charge in [-0.1, -0.05) is 13.8 Å². The quantitative estimate of drug-likeness (QED) is 0.820. The van der Waals surface area contributed by atoms with Crippen molar-refractivity contribution in [2.24, 2.45) is 0 Å². The number of nitrogens with zero attached hydrogens (tertiary/aromatic N) is 3. The summed E-state index contributed by atoms with van der Waals surface area (Å²) in [5.41, 5.74) is 1.22. The van der Waals surface area contributed by atoms with E-state index in [0.717, 1.165) is 24.6 Å². The summed E-state index contributed by atoms with van der Waals surface area (Å²) in [6.07, 6.45) is 5.65. The molecular formula is C15H23N3O. The molecule has 19 heavy (non-hydrogen) atoms.